The lowest BCUT2D eigenvalue weighted by atomic mass is 10.1. The maximum absolute atomic E-state index is 5.20. The van der Waals surface area contributed by atoms with Crippen molar-refractivity contribution in [3.63, 3.8) is 0 Å². The number of anilines is 1. The second-order valence-corrected chi connectivity index (χ2v) is 5.54. The molecule has 1 atom stereocenters. The van der Waals surface area contributed by atoms with Gasteiger partial charge in [-0.1, -0.05) is 13.0 Å². The van der Waals surface area contributed by atoms with Crippen molar-refractivity contribution in [2.45, 2.75) is 45.2 Å². The molecule has 0 radical (unpaired) electrons. The van der Waals surface area contributed by atoms with Gasteiger partial charge < -0.3 is 15.0 Å². The summed E-state index contributed by atoms with van der Waals surface area (Å²) >= 11 is 0. The number of aromatic nitrogens is 1. The van der Waals surface area contributed by atoms with Crippen LogP contribution in [0.25, 0.3) is 0 Å². The highest BCUT2D eigenvalue weighted by Crippen LogP contribution is 2.30. The summed E-state index contributed by atoms with van der Waals surface area (Å²) in [6.07, 6.45) is 5.72. The monoisotopic (exact) mass is 277 g/mol. The molecule has 0 aliphatic heterocycles. The highest BCUT2D eigenvalue weighted by Gasteiger charge is 2.29. The number of hydrogen-bond acceptors (Lipinski definition) is 4. The van der Waals surface area contributed by atoms with Crippen LogP contribution < -0.4 is 10.2 Å². The molecule has 2 rings (SSSR count). The van der Waals surface area contributed by atoms with Crippen molar-refractivity contribution < 1.29 is 4.74 Å². The van der Waals surface area contributed by atoms with Crippen molar-refractivity contribution in [2.75, 3.05) is 31.7 Å². The summed E-state index contributed by atoms with van der Waals surface area (Å²) in [5, 5.41) is 3.49. The normalized spacial score (nSPS) is 16.1. The summed E-state index contributed by atoms with van der Waals surface area (Å²) in [5.74, 6) is 1.08. The van der Waals surface area contributed by atoms with E-state index in [1.807, 2.05) is 6.20 Å². The summed E-state index contributed by atoms with van der Waals surface area (Å²) in [6, 6.07) is 5.37. The van der Waals surface area contributed by atoms with Gasteiger partial charge in [0.15, 0.2) is 0 Å². The number of methoxy groups -OCH3 is 1. The molecular formula is C16H27N3O. The first-order valence-corrected chi connectivity index (χ1v) is 7.71. The quantitative estimate of drug-likeness (QED) is 0.753. The van der Waals surface area contributed by atoms with Crippen LogP contribution in [0.4, 0.5) is 5.82 Å². The summed E-state index contributed by atoms with van der Waals surface area (Å²) < 4.78 is 5.20. The summed E-state index contributed by atoms with van der Waals surface area (Å²) in [5.41, 5.74) is 1.25. The zero-order valence-electron chi connectivity index (χ0n) is 12.9. The molecule has 4 nitrogen and oxygen atoms in total. The first-order valence-electron chi connectivity index (χ1n) is 7.71. The molecule has 1 aromatic heterocycles. The van der Waals surface area contributed by atoms with Gasteiger partial charge in [0, 0.05) is 31.9 Å². The van der Waals surface area contributed by atoms with E-state index in [1.54, 1.807) is 7.11 Å². The van der Waals surface area contributed by atoms with Crippen LogP contribution in [0.5, 0.6) is 0 Å². The van der Waals surface area contributed by atoms with E-state index in [-0.39, 0.29) is 0 Å². The molecule has 112 valence electrons. The van der Waals surface area contributed by atoms with E-state index in [0.717, 1.165) is 31.9 Å². The molecule has 1 fully saturated rings. The average molecular weight is 277 g/mol. The third-order valence-corrected chi connectivity index (χ3v) is 3.79. The maximum Gasteiger partial charge on any atom is 0.128 e. The number of hydrogen-bond donors (Lipinski definition) is 1. The fraction of sp³-hybridized carbons (Fsp3) is 0.688. The van der Waals surface area contributed by atoms with E-state index in [1.165, 1.54) is 18.4 Å². The SMILES string of the molecule is CCCNC(C)c1ccc(N(CCOC)C2CC2)nc1. The van der Waals surface area contributed by atoms with Gasteiger partial charge in [0.2, 0.25) is 0 Å². The van der Waals surface area contributed by atoms with Crippen LogP contribution in [0.15, 0.2) is 18.3 Å². The number of ether oxygens (including phenoxy) is 1. The zero-order valence-corrected chi connectivity index (χ0v) is 12.9. The second-order valence-electron chi connectivity index (χ2n) is 5.54. The van der Waals surface area contributed by atoms with E-state index < -0.39 is 0 Å². The summed E-state index contributed by atoms with van der Waals surface area (Å²) in [4.78, 5) is 7.03. The van der Waals surface area contributed by atoms with Crippen molar-refractivity contribution in [1.29, 1.82) is 0 Å². The van der Waals surface area contributed by atoms with Crippen LogP contribution in [0, 0.1) is 0 Å². The molecule has 0 bridgehead atoms. The molecule has 1 unspecified atom stereocenters. The molecule has 0 amide bonds. The fourth-order valence-electron chi connectivity index (χ4n) is 2.36. The predicted octanol–water partition coefficient (Wildman–Crippen LogP) is 2.76. The molecule has 0 spiro atoms. The van der Waals surface area contributed by atoms with Gasteiger partial charge in [-0.3, -0.25) is 0 Å². The van der Waals surface area contributed by atoms with E-state index in [2.05, 4.69) is 41.2 Å². The van der Waals surface area contributed by atoms with Crippen molar-refractivity contribution in [2.24, 2.45) is 0 Å². The van der Waals surface area contributed by atoms with Gasteiger partial charge in [0.25, 0.3) is 0 Å². The summed E-state index contributed by atoms with van der Waals surface area (Å²) in [6.45, 7) is 7.11. The van der Waals surface area contributed by atoms with E-state index >= 15 is 0 Å². The van der Waals surface area contributed by atoms with Crippen LogP contribution in [-0.2, 0) is 4.74 Å². The van der Waals surface area contributed by atoms with Gasteiger partial charge in [-0.15, -0.1) is 0 Å². The molecule has 4 heteroatoms. The Morgan fingerprint density at radius 2 is 2.25 bits per heavy atom. The maximum atomic E-state index is 5.20. The van der Waals surface area contributed by atoms with Crippen molar-refractivity contribution in [3.05, 3.63) is 23.9 Å². The molecular weight excluding hydrogens is 250 g/mol. The highest BCUT2D eigenvalue weighted by molar-refractivity contribution is 5.42. The van der Waals surface area contributed by atoms with Crippen LogP contribution in [0.2, 0.25) is 0 Å². The number of rotatable bonds is 9. The lowest BCUT2D eigenvalue weighted by Gasteiger charge is -2.23. The first kappa shape index (κ1) is 15.3. The van der Waals surface area contributed by atoms with Gasteiger partial charge in [0.1, 0.15) is 5.82 Å². The third kappa shape index (κ3) is 4.18. The van der Waals surface area contributed by atoms with Crippen LogP contribution in [0.1, 0.15) is 44.7 Å². The third-order valence-electron chi connectivity index (χ3n) is 3.79. The van der Waals surface area contributed by atoms with Gasteiger partial charge in [0.05, 0.1) is 6.61 Å². The van der Waals surface area contributed by atoms with Crippen LogP contribution >= 0.6 is 0 Å². The molecule has 0 aromatic carbocycles. The Hall–Kier alpha value is -1.13. The average Bonchev–Trinajstić information content (AvgIpc) is 3.30. The Balaban J connectivity index is 1.98. The number of nitrogens with zero attached hydrogens (tertiary/aromatic N) is 2. The molecule has 1 N–H and O–H groups in total. The Kier molecular flexibility index (Phi) is 5.80. The van der Waals surface area contributed by atoms with Gasteiger partial charge in [-0.25, -0.2) is 4.98 Å². The smallest absolute Gasteiger partial charge is 0.128 e. The van der Waals surface area contributed by atoms with Gasteiger partial charge >= 0.3 is 0 Å². The Morgan fingerprint density at radius 3 is 2.80 bits per heavy atom. The molecule has 1 aliphatic rings. The number of nitrogens with one attached hydrogen (secondary N) is 1. The lowest BCUT2D eigenvalue weighted by Crippen LogP contribution is -2.30. The van der Waals surface area contributed by atoms with Gasteiger partial charge in [-0.05, 0) is 44.4 Å². The van der Waals surface area contributed by atoms with Gasteiger partial charge in [-0.2, -0.15) is 0 Å². The van der Waals surface area contributed by atoms with Crippen LogP contribution in [0.3, 0.4) is 0 Å². The number of pyridine rings is 1. The Morgan fingerprint density at radius 1 is 1.45 bits per heavy atom. The zero-order chi connectivity index (χ0) is 14.4. The lowest BCUT2D eigenvalue weighted by molar-refractivity contribution is 0.204. The van der Waals surface area contributed by atoms with Crippen molar-refractivity contribution >= 4 is 5.82 Å². The van der Waals surface area contributed by atoms with Crippen molar-refractivity contribution in [3.8, 4) is 0 Å². The van der Waals surface area contributed by atoms with Crippen molar-refractivity contribution in [1.82, 2.24) is 10.3 Å². The standard InChI is InChI=1S/C16H27N3O/c1-4-9-17-13(2)14-5-8-16(18-12-14)19(10-11-20-3)15-6-7-15/h5,8,12-13,15,17H,4,6-7,9-11H2,1-3H3. The minimum absolute atomic E-state index is 0.366. The minimum Gasteiger partial charge on any atom is -0.383 e. The molecule has 1 aromatic rings. The second kappa shape index (κ2) is 7.60. The highest BCUT2D eigenvalue weighted by atomic mass is 16.5. The largest absolute Gasteiger partial charge is 0.383 e. The molecule has 1 saturated carbocycles. The fourth-order valence-corrected chi connectivity index (χ4v) is 2.36. The predicted molar refractivity (Wildman–Crippen MR) is 83.2 cm³/mol. The molecule has 1 heterocycles. The first-order chi connectivity index (χ1) is 9.76. The minimum atomic E-state index is 0.366. The topological polar surface area (TPSA) is 37.4 Å². The summed E-state index contributed by atoms with van der Waals surface area (Å²) in [7, 11) is 1.75. The van der Waals surface area contributed by atoms with E-state index in [9.17, 15) is 0 Å². The van der Waals surface area contributed by atoms with Crippen LogP contribution in [-0.4, -0.2) is 37.8 Å². The van der Waals surface area contributed by atoms with E-state index in [0.29, 0.717) is 12.1 Å². The molecule has 0 saturated heterocycles. The molecule has 20 heavy (non-hydrogen) atoms. The Labute approximate surface area is 122 Å². The van der Waals surface area contributed by atoms with E-state index in [4.69, 9.17) is 4.74 Å². The Bertz CT molecular complexity index is 389. The molecule has 1 aliphatic carbocycles.